The fraction of sp³-hybridized carbons (Fsp3) is 0.400. The van der Waals surface area contributed by atoms with Gasteiger partial charge < -0.3 is 39.0 Å². The Morgan fingerprint density at radius 1 is 0.458 bits per heavy atom. The molecule has 0 aliphatic rings. The van der Waals surface area contributed by atoms with Gasteiger partial charge in [0, 0.05) is 6.61 Å². The molecule has 0 radical (unpaired) electrons. The second-order valence-corrected chi connectivity index (χ2v) is 12.2. The van der Waals surface area contributed by atoms with Gasteiger partial charge in [-0.25, -0.2) is 0 Å². The molecule has 4 aromatic carbocycles. The van der Waals surface area contributed by atoms with Gasteiger partial charge in [-0.15, -0.1) is 0 Å². The third kappa shape index (κ3) is 12.6. The SMILES string of the molecule is CCCCCOCc1ccc(OCC(COCCc2ccc(CO)cc2)(COc2ccc(CO)cc2)COc2ccc(CO)cc2)cc1. The van der Waals surface area contributed by atoms with E-state index >= 15 is 0 Å². The molecule has 0 aromatic heterocycles. The number of aliphatic hydroxyl groups is 3. The molecule has 258 valence electrons. The van der Waals surface area contributed by atoms with Crippen molar-refractivity contribution in [2.24, 2.45) is 5.41 Å². The highest BCUT2D eigenvalue weighted by Gasteiger charge is 2.35. The summed E-state index contributed by atoms with van der Waals surface area (Å²) in [5, 5.41) is 28.3. The van der Waals surface area contributed by atoms with Gasteiger partial charge in [0.25, 0.3) is 0 Å². The zero-order valence-corrected chi connectivity index (χ0v) is 28.0. The van der Waals surface area contributed by atoms with Crippen LogP contribution in [-0.4, -0.2) is 55.0 Å². The van der Waals surface area contributed by atoms with E-state index in [-0.39, 0.29) is 39.6 Å². The predicted molar refractivity (Wildman–Crippen MR) is 186 cm³/mol. The molecule has 0 spiro atoms. The Balaban J connectivity index is 1.48. The van der Waals surface area contributed by atoms with E-state index < -0.39 is 5.41 Å². The van der Waals surface area contributed by atoms with Crippen molar-refractivity contribution in [1.29, 1.82) is 0 Å². The maximum Gasteiger partial charge on any atom is 0.119 e. The largest absolute Gasteiger partial charge is 0.493 e. The molecule has 0 amide bonds. The van der Waals surface area contributed by atoms with Crippen molar-refractivity contribution >= 4 is 0 Å². The second kappa shape index (κ2) is 20.4. The Bertz CT molecular complexity index is 1370. The molecule has 0 saturated carbocycles. The lowest BCUT2D eigenvalue weighted by atomic mass is 9.92. The number of aliphatic hydroxyl groups excluding tert-OH is 3. The van der Waals surface area contributed by atoms with Crippen molar-refractivity contribution in [2.45, 2.75) is 59.0 Å². The molecular formula is C40H50O8. The Morgan fingerprint density at radius 3 is 1.31 bits per heavy atom. The Kier molecular flexibility index (Phi) is 15.7. The highest BCUT2D eigenvalue weighted by Crippen LogP contribution is 2.26. The van der Waals surface area contributed by atoms with E-state index in [1.54, 1.807) is 0 Å². The molecule has 8 heteroatoms. The lowest BCUT2D eigenvalue weighted by Crippen LogP contribution is -2.44. The van der Waals surface area contributed by atoms with Gasteiger partial charge in [0.1, 0.15) is 37.1 Å². The molecule has 0 aliphatic carbocycles. The molecular weight excluding hydrogens is 608 g/mol. The summed E-state index contributed by atoms with van der Waals surface area (Å²) in [6.45, 7) is 4.96. The standard InChI is InChI=1S/C40H50O8/c1-2-3-4-22-44-27-36-13-19-39(20-14-36)48-31-40(29-46-37-15-9-34(25-42)10-16-37,30-47-38-17-11-35(26-43)12-18-38)28-45-23-21-32-5-7-33(24-41)8-6-32/h5-20,41-43H,2-4,21-31H2,1H3. The summed E-state index contributed by atoms with van der Waals surface area (Å²) in [5.41, 5.74) is 3.96. The average molecular weight is 659 g/mol. The van der Waals surface area contributed by atoms with Gasteiger partial charge in [-0.05, 0) is 77.1 Å². The maximum atomic E-state index is 9.47. The van der Waals surface area contributed by atoms with E-state index in [9.17, 15) is 15.3 Å². The van der Waals surface area contributed by atoms with Gasteiger partial charge in [0.15, 0.2) is 0 Å². The number of hydrogen-bond donors (Lipinski definition) is 3. The Hall–Kier alpha value is -3.92. The summed E-state index contributed by atoms with van der Waals surface area (Å²) in [5.74, 6) is 2.05. The van der Waals surface area contributed by atoms with Crippen molar-refractivity contribution in [3.63, 3.8) is 0 Å². The zero-order valence-electron chi connectivity index (χ0n) is 28.0. The van der Waals surface area contributed by atoms with Crippen molar-refractivity contribution in [1.82, 2.24) is 0 Å². The van der Waals surface area contributed by atoms with Crippen LogP contribution in [0.5, 0.6) is 17.2 Å². The molecule has 0 heterocycles. The van der Waals surface area contributed by atoms with Gasteiger partial charge in [0.2, 0.25) is 0 Å². The van der Waals surface area contributed by atoms with Crippen molar-refractivity contribution < 1.29 is 39.0 Å². The third-order valence-corrected chi connectivity index (χ3v) is 8.08. The molecule has 0 saturated heterocycles. The summed E-state index contributed by atoms with van der Waals surface area (Å²) < 4.78 is 31.2. The third-order valence-electron chi connectivity index (χ3n) is 8.08. The minimum atomic E-state index is -0.715. The molecule has 3 N–H and O–H groups in total. The summed E-state index contributed by atoms with van der Waals surface area (Å²) in [4.78, 5) is 0. The normalized spacial score (nSPS) is 11.4. The van der Waals surface area contributed by atoms with E-state index in [4.69, 9.17) is 23.7 Å². The van der Waals surface area contributed by atoms with Gasteiger partial charge >= 0.3 is 0 Å². The molecule has 48 heavy (non-hydrogen) atoms. The minimum absolute atomic E-state index is 0.0142. The van der Waals surface area contributed by atoms with E-state index in [0.717, 1.165) is 46.6 Å². The van der Waals surface area contributed by atoms with Crippen molar-refractivity contribution in [3.05, 3.63) is 125 Å². The Morgan fingerprint density at radius 2 is 0.875 bits per heavy atom. The van der Waals surface area contributed by atoms with E-state index in [1.807, 2.05) is 97.1 Å². The van der Waals surface area contributed by atoms with E-state index in [1.165, 1.54) is 12.8 Å². The van der Waals surface area contributed by atoms with Crippen LogP contribution in [0.3, 0.4) is 0 Å². The van der Waals surface area contributed by atoms with Crippen LogP contribution in [-0.2, 0) is 42.3 Å². The van der Waals surface area contributed by atoms with Crippen molar-refractivity contribution in [2.75, 3.05) is 39.6 Å². The first-order valence-corrected chi connectivity index (χ1v) is 16.8. The van der Waals surface area contributed by atoms with E-state index in [2.05, 4.69) is 6.92 Å². The lowest BCUT2D eigenvalue weighted by Gasteiger charge is -2.33. The van der Waals surface area contributed by atoms with E-state index in [0.29, 0.717) is 37.7 Å². The molecule has 0 fully saturated rings. The topological polar surface area (TPSA) is 107 Å². The number of rotatable bonds is 23. The minimum Gasteiger partial charge on any atom is -0.493 e. The number of ether oxygens (including phenoxy) is 5. The smallest absolute Gasteiger partial charge is 0.119 e. The molecule has 0 unspecified atom stereocenters. The monoisotopic (exact) mass is 658 g/mol. The van der Waals surface area contributed by atoms with Gasteiger partial charge in [-0.1, -0.05) is 80.4 Å². The van der Waals surface area contributed by atoms with Crippen LogP contribution >= 0.6 is 0 Å². The first-order valence-electron chi connectivity index (χ1n) is 16.8. The Labute approximate surface area is 284 Å². The first kappa shape index (κ1) is 36.9. The molecule has 0 bridgehead atoms. The highest BCUT2D eigenvalue weighted by molar-refractivity contribution is 5.29. The lowest BCUT2D eigenvalue weighted by molar-refractivity contribution is -0.0397. The van der Waals surface area contributed by atoms with Crippen LogP contribution in [0.25, 0.3) is 0 Å². The van der Waals surface area contributed by atoms with Gasteiger partial charge in [0.05, 0.1) is 45.1 Å². The highest BCUT2D eigenvalue weighted by atomic mass is 16.5. The molecule has 0 aliphatic heterocycles. The predicted octanol–water partition coefficient (Wildman–Crippen LogP) is 6.65. The first-order chi connectivity index (χ1) is 23.5. The molecule has 4 rings (SSSR count). The summed E-state index contributed by atoms with van der Waals surface area (Å²) >= 11 is 0. The number of benzene rings is 4. The van der Waals surface area contributed by atoms with Crippen LogP contribution in [0.1, 0.15) is 54.0 Å². The molecule has 8 nitrogen and oxygen atoms in total. The fourth-order valence-electron chi connectivity index (χ4n) is 4.96. The van der Waals surface area contributed by atoms with Crippen LogP contribution in [0.15, 0.2) is 97.1 Å². The summed E-state index contributed by atoms with van der Waals surface area (Å²) in [6, 6.07) is 30.5. The quantitative estimate of drug-likeness (QED) is 0.0761. The number of unbranched alkanes of at least 4 members (excludes halogenated alkanes) is 2. The van der Waals surface area contributed by atoms with Crippen LogP contribution in [0, 0.1) is 5.41 Å². The molecule has 0 atom stereocenters. The van der Waals surface area contributed by atoms with Crippen LogP contribution in [0.2, 0.25) is 0 Å². The van der Waals surface area contributed by atoms with Gasteiger partial charge in [-0.3, -0.25) is 0 Å². The second-order valence-electron chi connectivity index (χ2n) is 12.2. The summed E-state index contributed by atoms with van der Waals surface area (Å²) in [7, 11) is 0. The van der Waals surface area contributed by atoms with Gasteiger partial charge in [-0.2, -0.15) is 0 Å². The number of hydrogen-bond acceptors (Lipinski definition) is 8. The summed E-state index contributed by atoms with van der Waals surface area (Å²) in [6.07, 6.45) is 4.12. The fourth-order valence-corrected chi connectivity index (χ4v) is 4.96. The maximum absolute atomic E-state index is 9.47. The molecule has 4 aromatic rings. The van der Waals surface area contributed by atoms with Crippen LogP contribution < -0.4 is 14.2 Å². The van der Waals surface area contributed by atoms with Crippen LogP contribution in [0.4, 0.5) is 0 Å². The van der Waals surface area contributed by atoms with Crippen molar-refractivity contribution in [3.8, 4) is 17.2 Å². The zero-order chi connectivity index (χ0) is 33.9. The average Bonchev–Trinajstić information content (AvgIpc) is 3.15.